The number of benzene rings is 1. The van der Waals surface area contributed by atoms with E-state index in [1.165, 1.54) is 12.1 Å². The first kappa shape index (κ1) is 15.8. The molecule has 0 aliphatic heterocycles. The van der Waals surface area contributed by atoms with Crippen LogP contribution in [0.25, 0.3) is 0 Å². The number of carbonyl (C=O) groups excluding carboxylic acids is 1. The van der Waals surface area contributed by atoms with E-state index in [9.17, 15) is 13.2 Å². The lowest BCUT2D eigenvalue weighted by Crippen LogP contribution is -2.45. The summed E-state index contributed by atoms with van der Waals surface area (Å²) in [5.41, 5.74) is 0.967. The van der Waals surface area contributed by atoms with Gasteiger partial charge in [0.25, 0.3) is 10.0 Å². The maximum absolute atomic E-state index is 12.1. The van der Waals surface area contributed by atoms with Crippen molar-refractivity contribution in [3.8, 4) is 0 Å². The van der Waals surface area contributed by atoms with Crippen molar-refractivity contribution < 1.29 is 13.2 Å². The van der Waals surface area contributed by atoms with E-state index >= 15 is 0 Å². The fourth-order valence-corrected chi connectivity index (χ4v) is 3.43. The molecule has 1 aliphatic rings. The molecule has 1 aromatic rings. The Labute approximate surface area is 126 Å². The van der Waals surface area contributed by atoms with Gasteiger partial charge in [0.1, 0.15) is 0 Å². The molecule has 21 heavy (non-hydrogen) atoms. The number of carbonyl (C=O) groups is 1. The van der Waals surface area contributed by atoms with Gasteiger partial charge in [0, 0.05) is 6.04 Å². The number of aryl methyl sites for hydroxylation is 1. The minimum Gasteiger partial charge on any atom is -0.335 e. The molecule has 1 saturated carbocycles. The van der Waals surface area contributed by atoms with Gasteiger partial charge in [-0.3, -0.25) is 0 Å². The average molecular weight is 310 g/mol. The zero-order valence-corrected chi connectivity index (χ0v) is 13.2. The number of amides is 2. The minimum atomic E-state index is -3.80. The number of nitrogens with one attached hydrogen (secondary N) is 2. The van der Waals surface area contributed by atoms with Crippen LogP contribution in [-0.2, 0) is 10.0 Å². The van der Waals surface area contributed by atoms with E-state index in [1.807, 2.05) is 6.92 Å². The molecule has 0 bridgehead atoms. The van der Waals surface area contributed by atoms with Crippen molar-refractivity contribution in [3.63, 3.8) is 0 Å². The molecule has 0 aromatic heterocycles. The first-order chi connectivity index (χ1) is 9.87. The lowest BCUT2D eigenvalue weighted by Gasteiger charge is -2.26. The van der Waals surface area contributed by atoms with Crippen molar-refractivity contribution in [1.29, 1.82) is 0 Å². The van der Waals surface area contributed by atoms with Crippen LogP contribution in [0, 0.1) is 12.8 Å². The second-order valence-electron chi connectivity index (χ2n) is 5.85. The number of hydrogen-bond donors (Lipinski definition) is 2. The number of rotatable bonds is 3. The van der Waals surface area contributed by atoms with Crippen molar-refractivity contribution in [3.05, 3.63) is 29.8 Å². The fraction of sp³-hybridized carbons (Fsp3) is 0.533. The van der Waals surface area contributed by atoms with Crippen LogP contribution in [-0.4, -0.2) is 20.5 Å². The Morgan fingerprint density at radius 1 is 1.10 bits per heavy atom. The summed E-state index contributed by atoms with van der Waals surface area (Å²) in [4.78, 5) is 11.9. The van der Waals surface area contributed by atoms with E-state index < -0.39 is 16.1 Å². The predicted molar refractivity (Wildman–Crippen MR) is 81.5 cm³/mol. The highest BCUT2D eigenvalue weighted by Gasteiger charge is 2.22. The molecule has 1 fully saturated rings. The molecule has 0 unspecified atom stereocenters. The SMILES string of the molecule is Cc1ccc(S(=O)(=O)NC(=O)NC2CCC(C)CC2)cc1. The van der Waals surface area contributed by atoms with E-state index in [0.29, 0.717) is 5.92 Å². The van der Waals surface area contributed by atoms with Crippen molar-refractivity contribution in [1.82, 2.24) is 10.0 Å². The first-order valence-electron chi connectivity index (χ1n) is 7.27. The van der Waals surface area contributed by atoms with Gasteiger partial charge in [0.2, 0.25) is 0 Å². The lowest BCUT2D eigenvalue weighted by molar-refractivity contribution is 0.233. The number of urea groups is 1. The van der Waals surface area contributed by atoms with Crippen LogP contribution in [0.2, 0.25) is 0 Å². The molecule has 0 radical (unpaired) electrons. The average Bonchev–Trinajstić information content (AvgIpc) is 2.41. The molecule has 2 rings (SSSR count). The molecule has 1 aromatic carbocycles. The summed E-state index contributed by atoms with van der Waals surface area (Å²) in [5.74, 6) is 0.683. The second kappa shape index (κ2) is 6.47. The summed E-state index contributed by atoms with van der Waals surface area (Å²) in [6, 6.07) is 5.81. The Balaban J connectivity index is 1.93. The van der Waals surface area contributed by atoms with Gasteiger partial charge in [-0.15, -0.1) is 0 Å². The molecule has 2 amide bonds. The van der Waals surface area contributed by atoms with Crippen LogP contribution in [0.1, 0.15) is 38.2 Å². The summed E-state index contributed by atoms with van der Waals surface area (Å²) < 4.78 is 26.2. The van der Waals surface area contributed by atoms with Crippen molar-refractivity contribution >= 4 is 16.1 Å². The van der Waals surface area contributed by atoms with Gasteiger partial charge in [-0.2, -0.15) is 0 Å². The summed E-state index contributed by atoms with van der Waals surface area (Å²) in [6.07, 6.45) is 3.93. The van der Waals surface area contributed by atoms with Gasteiger partial charge in [0.15, 0.2) is 0 Å². The highest BCUT2D eigenvalue weighted by Crippen LogP contribution is 2.23. The zero-order chi connectivity index (χ0) is 15.5. The Kier molecular flexibility index (Phi) is 4.88. The van der Waals surface area contributed by atoms with Crippen LogP contribution in [0.3, 0.4) is 0 Å². The third kappa shape index (κ3) is 4.46. The van der Waals surface area contributed by atoms with Gasteiger partial charge >= 0.3 is 6.03 Å². The quantitative estimate of drug-likeness (QED) is 0.901. The third-order valence-electron chi connectivity index (χ3n) is 3.91. The maximum Gasteiger partial charge on any atom is 0.328 e. The Bertz CT molecular complexity index is 588. The Hall–Kier alpha value is -1.56. The molecular formula is C15H22N2O3S. The highest BCUT2D eigenvalue weighted by atomic mass is 32.2. The zero-order valence-electron chi connectivity index (χ0n) is 12.4. The normalized spacial score (nSPS) is 22.6. The molecule has 5 nitrogen and oxygen atoms in total. The van der Waals surface area contributed by atoms with E-state index in [2.05, 4.69) is 17.0 Å². The molecule has 0 heterocycles. The summed E-state index contributed by atoms with van der Waals surface area (Å²) >= 11 is 0. The standard InChI is InChI=1S/C15H22N2O3S/c1-11-3-7-13(8-4-11)16-15(18)17-21(19,20)14-9-5-12(2)6-10-14/h5-6,9-11,13H,3-4,7-8H2,1-2H3,(H2,16,17,18). The molecule has 2 N–H and O–H groups in total. The smallest absolute Gasteiger partial charge is 0.328 e. The first-order valence-corrected chi connectivity index (χ1v) is 8.75. The van der Waals surface area contributed by atoms with Gasteiger partial charge in [-0.25, -0.2) is 17.9 Å². The van der Waals surface area contributed by atoms with Crippen LogP contribution < -0.4 is 10.0 Å². The molecule has 0 atom stereocenters. The predicted octanol–water partition coefficient (Wildman–Crippen LogP) is 2.56. The van der Waals surface area contributed by atoms with Gasteiger partial charge < -0.3 is 5.32 Å². The number of sulfonamides is 1. The largest absolute Gasteiger partial charge is 0.335 e. The van der Waals surface area contributed by atoms with E-state index in [-0.39, 0.29) is 10.9 Å². The summed E-state index contributed by atoms with van der Waals surface area (Å²) in [5, 5.41) is 2.75. The van der Waals surface area contributed by atoms with Crippen molar-refractivity contribution in [2.24, 2.45) is 5.92 Å². The van der Waals surface area contributed by atoms with Crippen molar-refractivity contribution in [2.75, 3.05) is 0 Å². The molecule has 0 spiro atoms. The van der Waals surface area contributed by atoms with Gasteiger partial charge in [-0.1, -0.05) is 24.6 Å². The van der Waals surface area contributed by atoms with Crippen LogP contribution in [0.5, 0.6) is 0 Å². The van der Waals surface area contributed by atoms with Crippen LogP contribution >= 0.6 is 0 Å². The van der Waals surface area contributed by atoms with E-state index in [0.717, 1.165) is 31.2 Å². The molecule has 1 aliphatic carbocycles. The molecular weight excluding hydrogens is 288 g/mol. The maximum atomic E-state index is 12.1. The van der Waals surface area contributed by atoms with Crippen LogP contribution in [0.4, 0.5) is 4.79 Å². The van der Waals surface area contributed by atoms with Crippen molar-refractivity contribution in [2.45, 2.75) is 50.5 Å². The number of hydrogen-bond acceptors (Lipinski definition) is 3. The van der Waals surface area contributed by atoms with E-state index in [1.54, 1.807) is 12.1 Å². The topological polar surface area (TPSA) is 75.3 Å². The Morgan fingerprint density at radius 3 is 2.24 bits per heavy atom. The molecule has 6 heteroatoms. The van der Waals surface area contributed by atoms with E-state index in [4.69, 9.17) is 0 Å². The van der Waals surface area contributed by atoms with Gasteiger partial charge in [0.05, 0.1) is 4.90 Å². The molecule has 116 valence electrons. The summed E-state index contributed by atoms with van der Waals surface area (Å²) in [7, 11) is -3.80. The third-order valence-corrected chi connectivity index (χ3v) is 5.26. The van der Waals surface area contributed by atoms with Gasteiger partial charge in [-0.05, 0) is 50.7 Å². The second-order valence-corrected chi connectivity index (χ2v) is 7.53. The fourth-order valence-electron chi connectivity index (χ4n) is 2.52. The van der Waals surface area contributed by atoms with Crippen LogP contribution in [0.15, 0.2) is 29.2 Å². The lowest BCUT2D eigenvalue weighted by atomic mass is 9.87. The Morgan fingerprint density at radius 2 is 1.67 bits per heavy atom. The molecule has 0 saturated heterocycles. The summed E-state index contributed by atoms with van der Waals surface area (Å²) in [6.45, 7) is 4.07. The highest BCUT2D eigenvalue weighted by molar-refractivity contribution is 7.90. The monoisotopic (exact) mass is 310 g/mol. The minimum absolute atomic E-state index is 0.0643.